The van der Waals surface area contributed by atoms with E-state index in [2.05, 4.69) is 20.8 Å². The van der Waals surface area contributed by atoms with Gasteiger partial charge in [0.25, 0.3) is 0 Å². The second-order valence-corrected chi connectivity index (χ2v) is 4.01. The van der Waals surface area contributed by atoms with E-state index in [0.29, 0.717) is 6.54 Å². The molecule has 74 valence electrons. The van der Waals surface area contributed by atoms with E-state index in [1.54, 1.807) is 17.6 Å². The fourth-order valence-electron chi connectivity index (χ4n) is 1.14. The summed E-state index contributed by atoms with van der Waals surface area (Å²) in [5.74, 6) is 0. The smallest absolute Gasteiger partial charge is 0.124 e. The molecule has 0 aliphatic heterocycles. The van der Waals surface area contributed by atoms with Gasteiger partial charge in [0.05, 0.1) is 16.4 Å². The lowest BCUT2D eigenvalue weighted by molar-refractivity contribution is 0.408. The van der Waals surface area contributed by atoms with Crippen molar-refractivity contribution in [1.82, 2.24) is 15.5 Å². The van der Waals surface area contributed by atoms with Crippen LogP contribution in [0, 0.1) is 6.92 Å². The van der Waals surface area contributed by atoms with Crippen molar-refractivity contribution in [2.45, 2.75) is 20.0 Å². The molecule has 0 aromatic carbocycles. The number of rotatable bonds is 4. The van der Waals surface area contributed by atoms with Crippen LogP contribution in [0.15, 0.2) is 22.2 Å². The molecule has 0 spiro atoms. The Hall–Kier alpha value is -1.20. The SMILES string of the molecule is Cc1nc(CNCc2ccon2)cs1. The van der Waals surface area contributed by atoms with Gasteiger partial charge in [0, 0.05) is 24.5 Å². The quantitative estimate of drug-likeness (QED) is 0.833. The number of hydrogen-bond acceptors (Lipinski definition) is 5. The third-order valence-corrected chi connectivity index (χ3v) is 2.59. The summed E-state index contributed by atoms with van der Waals surface area (Å²) in [6.45, 7) is 3.50. The topological polar surface area (TPSA) is 51.0 Å². The van der Waals surface area contributed by atoms with E-state index in [0.717, 1.165) is 22.9 Å². The van der Waals surface area contributed by atoms with Gasteiger partial charge in [0.1, 0.15) is 6.26 Å². The fourth-order valence-corrected chi connectivity index (χ4v) is 1.75. The standard InChI is InChI=1S/C9H11N3OS/c1-7-11-9(6-14-7)5-10-4-8-2-3-13-12-8/h2-3,6,10H,4-5H2,1H3. The Morgan fingerprint density at radius 2 is 2.29 bits per heavy atom. The molecule has 0 saturated carbocycles. The molecule has 5 heteroatoms. The summed E-state index contributed by atoms with van der Waals surface area (Å²) in [5.41, 5.74) is 1.99. The minimum atomic E-state index is 0.715. The molecule has 4 nitrogen and oxygen atoms in total. The van der Waals surface area contributed by atoms with Crippen molar-refractivity contribution in [3.8, 4) is 0 Å². The number of aryl methyl sites for hydroxylation is 1. The Bertz CT molecular complexity index is 382. The minimum absolute atomic E-state index is 0.715. The maximum atomic E-state index is 4.72. The molecule has 0 aliphatic rings. The molecule has 2 aromatic heterocycles. The van der Waals surface area contributed by atoms with Gasteiger partial charge in [0.15, 0.2) is 0 Å². The highest BCUT2D eigenvalue weighted by Gasteiger charge is 1.99. The molecule has 0 radical (unpaired) electrons. The average molecular weight is 209 g/mol. The van der Waals surface area contributed by atoms with Crippen molar-refractivity contribution in [3.63, 3.8) is 0 Å². The summed E-state index contributed by atoms with van der Waals surface area (Å²) in [6.07, 6.45) is 1.57. The highest BCUT2D eigenvalue weighted by molar-refractivity contribution is 7.09. The first-order valence-electron chi connectivity index (χ1n) is 4.35. The Morgan fingerprint density at radius 3 is 2.93 bits per heavy atom. The Labute approximate surface area is 86.0 Å². The van der Waals surface area contributed by atoms with Gasteiger partial charge in [-0.15, -0.1) is 11.3 Å². The highest BCUT2D eigenvalue weighted by Crippen LogP contribution is 2.07. The van der Waals surface area contributed by atoms with E-state index >= 15 is 0 Å². The van der Waals surface area contributed by atoms with Crippen LogP contribution in [0.5, 0.6) is 0 Å². The Balaban J connectivity index is 1.78. The van der Waals surface area contributed by atoms with Crippen molar-refractivity contribution >= 4 is 11.3 Å². The number of hydrogen-bond donors (Lipinski definition) is 1. The monoisotopic (exact) mass is 209 g/mol. The predicted molar refractivity (Wildman–Crippen MR) is 53.9 cm³/mol. The number of nitrogens with zero attached hydrogens (tertiary/aromatic N) is 2. The first kappa shape index (κ1) is 9.36. The third-order valence-electron chi connectivity index (χ3n) is 1.77. The van der Waals surface area contributed by atoms with Gasteiger partial charge in [-0.05, 0) is 6.92 Å². The summed E-state index contributed by atoms with van der Waals surface area (Å²) in [5, 5.41) is 10.2. The van der Waals surface area contributed by atoms with Crippen LogP contribution in [0.2, 0.25) is 0 Å². The van der Waals surface area contributed by atoms with E-state index in [4.69, 9.17) is 4.52 Å². The molecule has 1 N–H and O–H groups in total. The van der Waals surface area contributed by atoms with E-state index in [1.807, 2.05) is 13.0 Å². The van der Waals surface area contributed by atoms with Gasteiger partial charge in [-0.1, -0.05) is 5.16 Å². The maximum Gasteiger partial charge on any atom is 0.124 e. The second-order valence-electron chi connectivity index (χ2n) is 2.95. The third kappa shape index (κ3) is 2.40. The molecule has 2 heterocycles. The van der Waals surface area contributed by atoms with Crippen LogP contribution in [0.4, 0.5) is 0 Å². The number of thiazole rings is 1. The summed E-state index contributed by atoms with van der Waals surface area (Å²) < 4.78 is 4.72. The molecular weight excluding hydrogens is 198 g/mol. The second kappa shape index (κ2) is 4.34. The van der Waals surface area contributed by atoms with E-state index in [1.165, 1.54) is 0 Å². The molecule has 0 unspecified atom stereocenters. The van der Waals surface area contributed by atoms with Crippen LogP contribution in [0.25, 0.3) is 0 Å². The van der Waals surface area contributed by atoms with Crippen LogP contribution < -0.4 is 5.32 Å². The van der Waals surface area contributed by atoms with Crippen molar-refractivity contribution in [2.24, 2.45) is 0 Å². The lowest BCUT2D eigenvalue weighted by Gasteiger charge is -1.97. The molecule has 0 saturated heterocycles. The zero-order chi connectivity index (χ0) is 9.80. The predicted octanol–water partition coefficient (Wildman–Crippen LogP) is 1.73. The molecule has 0 aliphatic carbocycles. The summed E-state index contributed by atoms with van der Waals surface area (Å²) in [7, 11) is 0. The largest absolute Gasteiger partial charge is 0.364 e. The van der Waals surface area contributed by atoms with Crippen molar-refractivity contribution in [3.05, 3.63) is 34.1 Å². The van der Waals surface area contributed by atoms with Crippen LogP contribution in [0.3, 0.4) is 0 Å². The highest BCUT2D eigenvalue weighted by atomic mass is 32.1. The molecule has 0 bridgehead atoms. The Kier molecular flexibility index (Phi) is 2.90. The molecule has 2 aromatic rings. The zero-order valence-electron chi connectivity index (χ0n) is 7.86. The first-order chi connectivity index (χ1) is 6.84. The molecule has 0 fully saturated rings. The van der Waals surface area contributed by atoms with Crippen LogP contribution in [0.1, 0.15) is 16.4 Å². The normalized spacial score (nSPS) is 10.6. The molecule has 0 atom stereocenters. The number of nitrogens with one attached hydrogen (secondary N) is 1. The van der Waals surface area contributed by atoms with Crippen LogP contribution in [-0.2, 0) is 13.1 Å². The average Bonchev–Trinajstić information content (AvgIpc) is 2.77. The van der Waals surface area contributed by atoms with Crippen LogP contribution in [-0.4, -0.2) is 10.1 Å². The summed E-state index contributed by atoms with van der Waals surface area (Å²) in [6, 6.07) is 1.85. The molecular formula is C9H11N3OS. The van der Waals surface area contributed by atoms with Gasteiger partial charge in [-0.3, -0.25) is 0 Å². The summed E-state index contributed by atoms with van der Waals surface area (Å²) >= 11 is 1.67. The molecule has 2 rings (SSSR count). The van der Waals surface area contributed by atoms with Gasteiger partial charge in [-0.25, -0.2) is 4.98 Å². The zero-order valence-corrected chi connectivity index (χ0v) is 8.67. The summed E-state index contributed by atoms with van der Waals surface area (Å²) in [4.78, 5) is 4.34. The van der Waals surface area contributed by atoms with E-state index < -0.39 is 0 Å². The van der Waals surface area contributed by atoms with E-state index in [-0.39, 0.29) is 0 Å². The first-order valence-corrected chi connectivity index (χ1v) is 5.23. The van der Waals surface area contributed by atoms with Gasteiger partial charge < -0.3 is 9.84 Å². The maximum absolute atomic E-state index is 4.72. The lowest BCUT2D eigenvalue weighted by atomic mass is 10.4. The minimum Gasteiger partial charge on any atom is -0.364 e. The van der Waals surface area contributed by atoms with Gasteiger partial charge >= 0.3 is 0 Å². The van der Waals surface area contributed by atoms with Crippen molar-refractivity contribution < 1.29 is 4.52 Å². The molecule has 0 amide bonds. The van der Waals surface area contributed by atoms with E-state index in [9.17, 15) is 0 Å². The Morgan fingerprint density at radius 1 is 1.43 bits per heavy atom. The lowest BCUT2D eigenvalue weighted by Crippen LogP contribution is -2.13. The van der Waals surface area contributed by atoms with Gasteiger partial charge in [-0.2, -0.15) is 0 Å². The van der Waals surface area contributed by atoms with Crippen molar-refractivity contribution in [1.29, 1.82) is 0 Å². The number of aromatic nitrogens is 2. The van der Waals surface area contributed by atoms with Gasteiger partial charge in [0.2, 0.25) is 0 Å². The van der Waals surface area contributed by atoms with Crippen LogP contribution >= 0.6 is 11.3 Å². The van der Waals surface area contributed by atoms with Crippen molar-refractivity contribution in [2.75, 3.05) is 0 Å². The molecule has 14 heavy (non-hydrogen) atoms. The fraction of sp³-hybridized carbons (Fsp3) is 0.333.